The summed E-state index contributed by atoms with van der Waals surface area (Å²) in [7, 11) is -3.01. The van der Waals surface area contributed by atoms with Crippen molar-refractivity contribution in [1.82, 2.24) is 5.32 Å². The molecule has 0 aliphatic heterocycles. The van der Waals surface area contributed by atoms with E-state index in [0.29, 0.717) is 13.0 Å². The molecule has 0 fully saturated rings. The Morgan fingerprint density at radius 2 is 1.93 bits per heavy atom. The van der Waals surface area contributed by atoms with E-state index < -0.39 is 15.9 Å². The first-order chi connectivity index (χ1) is 6.90. The first kappa shape index (κ1) is 14.9. The highest BCUT2D eigenvalue weighted by molar-refractivity contribution is 7.91. The average molecular weight is 237 g/mol. The molecule has 5 heteroatoms. The molecule has 15 heavy (non-hydrogen) atoms. The standard InChI is InChI=1S/C10H23NO3S/c1-4-6-11-8-10(12)5-7-15(13,14)9(2)3/h9-12H,4-8H2,1-3H3. The van der Waals surface area contributed by atoms with E-state index in [2.05, 4.69) is 5.32 Å². The lowest BCUT2D eigenvalue weighted by atomic mass is 10.3. The van der Waals surface area contributed by atoms with E-state index in [4.69, 9.17) is 0 Å². The Labute approximate surface area is 93.0 Å². The van der Waals surface area contributed by atoms with Crippen molar-refractivity contribution in [2.24, 2.45) is 0 Å². The Hall–Kier alpha value is -0.130. The maximum absolute atomic E-state index is 11.4. The Bertz CT molecular complexity index is 249. The highest BCUT2D eigenvalue weighted by atomic mass is 32.2. The van der Waals surface area contributed by atoms with Crippen molar-refractivity contribution in [1.29, 1.82) is 0 Å². The highest BCUT2D eigenvalue weighted by Gasteiger charge is 2.17. The summed E-state index contributed by atoms with van der Waals surface area (Å²) >= 11 is 0. The van der Waals surface area contributed by atoms with Gasteiger partial charge in [-0.2, -0.15) is 0 Å². The van der Waals surface area contributed by atoms with Crippen LogP contribution in [-0.2, 0) is 9.84 Å². The molecular formula is C10H23NO3S. The molecule has 1 unspecified atom stereocenters. The summed E-state index contributed by atoms with van der Waals surface area (Å²) in [5, 5.41) is 12.2. The largest absolute Gasteiger partial charge is 0.392 e. The summed E-state index contributed by atoms with van der Waals surface area (Å²) in [5.74, 6) is 0.0691. The minimum Gasteiger partial charge on any atom is -0.392 e. The SMILES string of the molecule is CCCNCC(O)CCS(=O)(=O)C(C)C. The van der Waals surface area contributed by atoms with Gasteiger partial charge in [-0.1, -0.05) is 6.92 Å². The van der Waals surface area contributed by atoms with E-state index in [0.717, 1.165) is 13.0 Å². The maximum atomic E-state index is 11.4. The van der Waals surface area contributed by atoms with Crippen LogP contribution in [-0.4, -0.2) is 43.7 Å². The number of aliphatic hydroxyl groups is 1. The molecule has 4 nitrogen and oxygen atoms in total. The van der Waals surface area contributed by atoms with Gasteiger partial charge in [-0.05, 0) is 33.2 Å². The van der Waals surface area contributed by atoms with Crippen molar-refractivity contribution in [3.8, 4) is 0 Å². The van der Waals surface area contributed by atoms with Crippen LogP contribution < -0.4 is 5.32 Å². The quantitative estimate of drug-likeness (QED) is 0.605. The molecular weight excluding hydrogens is 214 g/mol. The van der Waals surface area contributed by atoms with Crippen molar-refractivity contribution >= 4 is 9.84 Å². The van der Waals surface area contributed by atoms with Gasteiger partial charge in [0, 0.05) is 6.54 Å². The van der Waals surface area contributed by atoms with E-state index in [1.807, 2.05) is 6.92 Å². The van der Waals surface area contributed by atoms with Gasteiger partial charge in [0.05, 0.1) is 17.1 Å². The van der Waals surface area contributed by atoms with Gasteiger partial charge >= 0.3 is 0 Å². The van der Waals surface area contributed by atoms with Crippen molar-refractivity contribution in [2.75, 3.05) is 18.8 Å². The second kappa shape index (κ2) is 7.19. The second-order valence-corrected chi connectivity index (χ2v) is 6.74. The van der Waals surface area contributed by atoms with Gasteiger partial charge in [0.1, 0.15) is 0 Å². The topological polar surface area (TPSA) is 66.4 Å². The molecule has 0 spiro atoms. The van der Waals surface area contributed by atoms with Crippen LogP contribution in [0.15, 0.2) is 0 Å². The summed E-state index contributed by atoms with van der Waals surface area (Å²) in [5.41, 5.74) is 0. The monoisotopic (exact) mass is 237 g/mol. The number of aliphatic hydroxyl groups excluding tert-OH is 1. The lowest BCUT2D eigenvalue weighted by molar-refractivity contribution is 0.168. The van der Waals surface area contributed by atoms with Crippen LogP contribution in [0, 0.1) is 0 Å². The molecule has 0 aromatic rings. The number of sulfone groups is 1. The molecule has 92 valence electrons. The number of hydrogen-bond acceptors (Lipinski definition) is 4. The van der Waals surface area contributed by atoms with Gasteiger partial charge in [-0.15, -0.1) is 0 Å². The molecule has 0 aromatic heterocycles. The third-order valence-electron chi connectivity index (χ3n) is 2.26. The molecule has 0 aromatic carbocycles. The zero-order valence-corrected chi connectivity index (χ0v) is 10.7. The van der Waals surface area contributed by atoms with E-state index in [9.17, 15) is 13.5 Å². The number of rotatable bonds is 8. The fraction of sp³-hybridized carbons (Fsp3) is 1.00. The summed E-state index contributed by atoms with van der Waals surface area (Å²) in [6.45, 7) is 6.70. The van der Waals surface area contributed by atoms with E-state index >= 15 is 0 Å². The Morgan fingerprint density at radius 3 is 2.40 bits per heavy atom. The van der Waals surface area contributed by atoms with Crippen LogP contribution in [0.25, 0.3) is 0 Å². The normalized spacial score (nSPS) is 14.5. The van der Waals surface area contributed by atoms with Gasteiger partial charge < -0.3 is 10.4 Å². The predicted molar refractivity (Wildman–Crippen MR) is 62.7 cm³/mol. The molecule has 0 aliphatic carbocycles. The van der Waals surface area contributed by atoms with E-state index in [1.54, 1.807) is 13.8 Å². The predicted octanol–water partition coefficient (Wildman–Crippen LogP) is 0.560. The van der Waals surface area contributed by atoms with Gasteiger partial charge in [0.25, 0.3) is 0 Å². The smallest absolute Gasteiger partial charge is 0.152 e. The minimum absolute atomic E-state index is 0.0691. The van der Waals surface area contributed by atoms with Crippen LogP contribution in [0.1, 0.15) is 33.6 Å². The fourth-order valence-electron chi connectivity index (χ4n) is 1.08. The second-order valence-electron chi connectivity index (χ2n) is 4.06. The molecule has 0 amide bonds. The van der Waals surface area contributed by atoms with Gasteiger partial charge in [0.2, 0.25) is 0 Å². The van der Waals surface area contributed by atoms with Crippen molar-refractivity contribution in [2.45, 2.75) is 45.0 Å². The van der Waals surface area contributed by atoms with Gasteiger partial charge in [-0.25, -0.2) is 8.42 Å². The van der Waals surface area contributed by atoms with Crippen LogP contribution in [0.4, 0.5) is 0 Å². The van der Waals surface area contributed by atoms with E-state index in [1.165, 1.54) is 0 Å². The summed E-state index contributed by atoms with van der Waals surface area (Å²) < 4.78 is 22.9. The summed E-state index contributed by atoms with van der Waals surface area (Å²) in [4.78, 5) is 0. The van der Waals surface area contributed by atoms with Crippen molar-refractivity contribution in [3.63, 3.8) is 0 Å². The molecule has 0 saturated carbocycles. The molecule has 2 N–H and O–H groups in total. The molecule has 0 rings (SSSR count). The molecule has 0 bridgehead atoms. The zero-order chi connectivity index (χ0) is 11.9. The molecule has 0 saturated heterocycles. The van der Waals surface area contributed by atoms with Gasteiger partial charge in [-0.3, -0.25) is 0 Å². The minimum atomic E-state index is -3.01. The third-order valence-corrected chi connectivity index (χ3v) is 4.50. The molecule has 0 heterocycles. The Kier molecular flexibility index (Phi) is 7.13. The zero-order valence-electron chi connectivity index (χ0n) is 9.86. The highest BCUT2D eigenvalue weighted by Crippen LogP contribution is 2.04. The van der Waals surface area contributed by atoms with E-state index in [-0.39, 0.29) is 11.0 Å². The molecule has 0 radical (unpaired) electrons. The van der Waals surface area contributed by atoms with Crippen molar-refractivity contribution < 1.29 is 13.5 Å². The first-order valence-corrected chi connectivity index (χ1v) is 7.22. The first-order valence-electron chi connectivity index (χ1n) is 5.50. The Morgan fingerprint density at radius 1 is 1.33 bits per heavy atom. The van der Waals surface area contributed by atoms with Crippen LogP contribution >= 0.6 is 0 Å². The average Bonchev–Trinajstić information content (AvgIpc) is 2.15. The van der Waals surface area contributed by atoms with Crippen LogP contribution in [0.5, 0.6) is 0 Å². The maximum Gasteiger partial charge on any atom is 0.152 e. The van der Waals surface area contributed by atoms with Crippen molar-refractivity contribution in [3.05, 3.63) is 0 Å². The summed E-state index contributed by atoms with van der Waals surface area (Å²) in [6, 6.07) is 0. The third kappa shape index (κ3) is 6.87. The summed E-state index contributed by atoms with van der Waals surface area (Å²) in [6.07, 6.45) is 0.763. The molecule has 0 aliphatic rings. The van der Waals surface area contributed by atoms with Crippen LogP contribution in [0.3, 0.4) is 0 Å². The lowest BCUT2D eigenvalue weighted by Gasteiger charge is -2.12. The fourth-order valence-corrected chi connectivity index (χ4v) is 2.16. The van der Waals surface area contributed by atoms with Gasteiger partial charge in [0.15, 0.2) is 9.84 Å². The molecule has 1 atom stereocenters. The van der Waals surface area contributed by atoms with Crippen LogP contribution in [0.2, 0.25) is 0 Å². The number of nitrogens with one attached hydrogen (secondary N) is 1. The lowest BCUT2D eigenvalue weighted by Crippen LogP contribution is -2.30. The Balaban J connectivity index is 3.76. The number of hydrogen-bond donors (Lipinski definition) is 2.